The average Bonchev–Trinajstić information content (AvgIpc) is 2.91. The maximum Gasteiger partial charge on any atom is 0.310 e. The topological polar surface area (TPSA) is 108 Å². The van der Waals surface area contributed by atoms with Gasteiger partial charge in [0.15, 0.2) is 16.4 Å². The van der Waals surface area contributed by atoms with E-state index in [2.05, 4.69) is 5.32 Å². The summed E-state index contributed by atoms with van der Waals surface area (Å²) in [6.07, 6.45) is 0.323. The number of hydrogen-bond acceptors (Lipinski definition) is 7. The molecule has 0 bridgehead atoms. The molecule has 1 aliphatic rings. The summed E-state index contributed by atoms with van der Waals surface area (Å²) in [5, 5.41) is 2.55. The third-order valence-electron chi connectivity index (χ3n) is 3.79. The summed E-state index contributed by atoms with van der Waals surface area (Å²) in [6, 6.07) is 4.61. The van der Waals surface area contributed by atoms with Gasteiger partial charge >= 0.3 is 5.97 Å². The van der Waals surface area contributed by atoms with E-state index in [0.29, 0.717) is 23.5 Å². The minimum atomic E-state index is -3.07. The van der Waals surface area contributed by atoms with E-state index >= 15 is 0 Å². The van der Waals surface area contributed by atoms with Gasteiger partial charge < -0.3 is 19.5 Å². The van der Waals surface area contributed by atoms with Gasteiger partial charge in [-0.05, 0) is 12.5 Å². The zero-order valence-electron chi connectivity index (χ0n) is 14.1. The summed E-state index contributed by atoms with van der Waals surface area (Å²) >= 11 is 0. The van der Waals surface area contributed by atoms with Crippen LogP contribution in [0.2, 0.25) is 0 Å². The van der Waals surface area contributed by atoms with Crippen LogP contribution in [-0.2, 0) is 30.6 Å². The van der Waals surface area contributed by atoms with Gasteiger partial charge in [0.2, 0.25) is 0 Å². The molecule has 9 heteroatoms. The van der Waals surface area contributed by atoms with Crippen LogP contribution in [-0.4, -0.2) is 58.7 Å². The highest BCUT2D eigenvalue weighted by Gasteiger charge is 2.29. The van der Waals surface area contributed by atoms with Gasteiger partial charge in [0, 0.05) is 17.7 Å². The van der Waals surface area contributed by atoms with Crippen LogP contribution in [0.4, 0.5) is 0 Å². The number of sulfone groups is 1. The summed E-state index contributed by atoms with van der Waals surface area (Å²) in [4.78, 5) is 23.6. The maximum atomic E-state index is 11.9. The second kappa shape index (κ2) is 8.19. The molecule has 138 valence electrons. The minimum absolute atomic E-state index is 0.0573. The van der Waals surface area contributed by atoms with Gasteiger partial charge in [-0.3, -0.25) is 9.59 Å². The van der Waals surface area contributed by atoms with Crippen molar-refractivity contribution in [2.45, 2.75) is 18.9 Å². The highest BCUT2D eigenvalue weighted by atomic mass is 32.2. The number of methoxy groups -OCH3 is 2. The first-order chi connectivity index (χ1) is 11.8. The first-order valence-corrected chi connectivity index (χ1v) is 9.51. The highest BCUT2D eigenvalue weighted by Crippen LogP contribution is 2.25. The molecule has 1 saturated heterocycles. The number of ether oxygens (including phenoxy) is 3. The lowest BCUT2D eigenvalue weighted by atomic mass is 10.1. The van der Waals surface area contributed by atoms with Crippen molar-refractivity contribution in [1.29, 1.82) is 0 Å². The van der Waals surface area contributed by atoms with Gasteiger partial charge in [0.1, 0.15) is 11.5 Å². The van der Waals surface area contributed by atoms with Crippen molar-refractivity contribution < 1.29 is 32.2 Å². The van der Waals surface area contributed by atoms with Crippen LogP contribution in [0.15, 0.2) is 18.2 Å². The zero-order valence-corrected chi connectivity index (χ0v) is 14.9. The Hall–Kier alpha value is -2.29. The van der Waals surface area contributed by atoms with Gasteiger partial charge in [0.25, 0.3) is 5.91 Å². The number of nitrogens with one attached hydrogen (secondary N) is 1. The molecular weight excluding hydrogens is 350 g/mol. The highest BCUT2D eigenvalue weighted by molar-refractivity contribution is 7.91. The Balaban J connectivity index is 1.81. The molecule has 1 aromatic rings. The SMILES string of the molecule is COc1ccc(CC(=O)OCC(=O)NC2CCS(=O)(=O)C2)c(OC)c1. The predicted octanol–water partition coefficient (Wildman–Crippen LogP) is 0.0928. The maximum absolute atomic E-state index is 11.9. The summed E-state index contributed by atoms with van der Waals surface area (Å²) in [7, 11) is -0.0696. The number of benzene rings is 1. The summed E-state index contributed by atoms with van der Waals surface area (Å²) in [6.45, 7) is -0.451. The average molecular weight is 371 g/mol. The Bertz CT molecular complexity index is 745. The van der Waals surface area contributed by atoms with Crippen molar-refractivity contribution in [2.24, 2.45) is 0 Å². The third kappa shape index (κ3) is 5.63. The van der Waals surface area contributed by atoms with Crippen molar-refractivity contribution in [2.75, 3.05) is 32.3 Å². The Labute approximate surface area is 146 Å². The molecule has 1 amide bonds. The van der Waals surface area contributed by atoms with E-state index in [-0.39, 0.29) is 17.9 Å². The van der Waals surface area contributed by atoms with Crippen LogP contribution >= 0.6 is 0 Å². The van der Waals surface area contributed by atoms with E-state index in [1.54, 1.807) is 18.2 Å². The fraction of sp³-hybridized carbons (Fsp3) is 0.500. The fourth-order valence-corrected chi connectivity index (χ4v) is 4.20. The van der Waals surface area contributed by atoms with Gasteiger partial charge in [-0.1, -0.05) is 6.07 Å². The number of rotatable bonds is 7. The van der Waals surface area contributed by atoms with Gasteiger partial charge in [-0.25, -0.2) is 8.42 Å². The number of carbonyl (C=O) groups is 2. The largest absolute Gasteiger partial charge is 0.497 e. The zero-order chi connectivity index (χ0) is 18.4. The molecule has 25 heavy (non-hydrogen) atoms. The lowest BCUT2D eigenvalue weighted by Gasteiger charge is -2.12. The van der Waals surface area contributed by atoms with Crippen molar-refractivity contribution in [3.8, 4) is 11.5 Å². The minimum Gasteiger partial charge on any atom is -0.497 e. The predicted molar refractivity (Wildman–Crippen MR) is 89.4 cm³/mol. The molecule has 0 saturated carbocycles. The van der Waals surface area contributed by atoms with E-state index in [4.69, 9.17) is 14.2 Å². The quantitative estimate of drug-likeness (QED) is 0.677. The van der Waals surface area contributed by atoms with Crippen LogP contribution in [0.1, 0.15) is 12.0 Å². The molecule has 2 rings (SSSR count). The smallest absolute Gasteiger partial charge is 0.310 e. The molecule has 1 atom stereocenters. The summed E-state index contributed by atoms with van der Waals surface area (Å²) in [5.41, 5.74) is 0.607. The lowest BCUT2D eigenvalue weighted by molar-refractivity contribution is -0.148. The molecule has 0 aromatic heterocycles. The van der Waals surface area contributed by atoms with E-state index in [1.165, 1.54) is 14.2 Å². The lowest BCUT2D eigenvalue weighted by Crippen LogP contribution is -2.38. The van der Waals surface area contributed by atoms with E-state index in [9.17, 15) is 18.0 Å². The standard InChI is InChI=1S/C16H21NO7S/c1-22-13-4-3-11(14(8-13)23-2)7-16(19)24-9-15(18)17-12-5-6-25(20,21)10-12/h3-4,8,12H,5-7,9-10H2,1-2H3,(H,17,18). The van der Waals surface area contributed by atoms with Gasteiger partial charge in [-0.15, -0.1) is 0 Å². The van der Waals surface area contributed by atoms with Crippen molar-refractivity contribution in [1.82, 2.24) is 5.32 Å². The molecule has 0 aliphatic carbocycles. The second-order valence-corrected chi connectivity index (χ2v) is 7.91. The third-order valence-corrected chi connectivity index (χ3v) is 5.56. The monoisotopic (exact) mass is 371 g/mol. The van der Waals surface area contributed by atoms with Crippen LogP contribution in [0, 0.1) is 0 Å². The normalized spacial score (nSPS) is 18.4. The molecular formula is C16H21NO7S. The molecule has 1 aromatic carbocycles. The van der Waals surface area contributed by atoms with Crippen LogP contribution in [0.25, 0.3) is 0 Å². The number of hydrogen-bond donors (Lipinski definition) is 1. The molecule has 1 aliphatic heterocycles. The Morgan fingerprint density at radius 1 is 1.24 bits per heavy atom. The van der Waals surface area contributed by atoms with Crippen molar-refractivity contribution >= 4 is 21.7 Å². The van der Waals surface area contributed by atoms with Crippen LogP contribution in [0.5, 0.6) is 11.5 Å². The van der Waals surface area contributed by atoms with Crippen molar-refractivity contribution in [3.63, 3.8) is 0 Å². The number of amides is 1. The molecule has 1 unspecified atom stereocenters. The molecule has 1 N–H and O–H groups in total. The summed E-state index contributed by atoms with van der Waals surface area (Å²) < 4.78 is 37.9. The second-order valence-electron chi connectivity index (χ2n) is 5.68. The Kier molecular flexibility index (Phi) is 6.24. The Morgan fingerprint density at radius 2 is 2.00 bits per heavy atom. The summed E-state index contributed by atoms with van der Waals surface area (Å²) in [5.74, 6) is -0.0309. The van der Waals surface area contributed by atoms with Gasteiger partial charge in [-0.2, -0.15) is 0 Å². The fourth-order valence-electron chi connectivity index (χ4n) is 2.53. The first kappa shape index (κ1) is 19.0. The molecule has 1 fully saturated rings. The van der Waals surface area contributed by atoms with Gasteiger partial charge in [0.05, 0.1) is 32.1 Å². The van der Waals surface area contributed by atoms with E-state index in [1.807, 2.05) is 0 Å². The Morgan fingerprint density at radius 3 is 2.60 bits per heavy atom. The van der Waals surface area contributed by atoms with E-state index < -0.39 is 34.4 Å². The number of esters is 1. The van der Waals surface area contributed by atoms with E-state index in [0.717, 1.165) is 0 Å². The molecule has 8 nitrogen and oxygen atoms in total. The van der Waals surface area contributed by atoms with Crippen LogP contribution < -0.4 is 14.8 Å². The molecule has 0 spiro atoms. The first-order valence-electron chi connectivity index (χ1n) is 7.69. The number of carbonyl (C=O) groups excluding carboxylic acids is 2. The van der Waals surface area contributed by atoms with Crippen LogP contribution in [0.3, 0.4) is 0 Å². The molecule has 0 radical (unpaired) electrons. The van der Waals surface area contributed by atoms with Crippen molar-refractivity contribution in [3.05, 3.63) is 23.8 Å². The molecule has 1 heterocycles.